The third kappa shape index (κ3) is 6.59. The monoisotopic (exact) mass is 475 g/mol. The van der Waals surface area contributed by atoms with Crippen LogP contribution in [0.4, 0.5) is 5.69 Å². The number of ether oxygens (including phenoxy) is 2. The van der Waals surface area contributed by atoms with Crippen molar-refractivity contribution in [1.29, 1.82) is 0 Å². The number of esters is 2. The Morgan fingerprint density at radius 1 is 0.971 bits per heavy atom. The van der Waals surface area contributed by atoms with Crippen LogP contribution < -0.4 is 4.90 Å². The summed E-state index contributed by atoms with van der Waals surface area (Å²) in [6.07, 6.45) is -0.338. The highest BCUT2D eigenvalue weighted by Gasteiger charge is 2.57. The quantitative estimate of drug-likeness (QED) is 0.485. The maximum Gasteiger partial charge on any atom is 0.317 e. The molecule has 0 saturated heterocycles. The molecule has 1 aliphatic carbocycles. The Kier molecular flexibility index (Phi) is 8.24. The lowest BCUT2D eigenvalue weighted by Crippen LogP contribution is -2.56. The number of hydrogen-bond acceptors (Lipinski definition) is 7. The van der Waals surface area contributed by atoms with Gasteiger partial charge in [0.25, 0.3) is 0 Å². The van der Waals surface area contributed by atoms with E-state index in [1.54, 1.807) is 41.5 Å². The van der Waals surface area contributed by atoms with Crippen molar-refractivity contribution in [2.45, 2.75) is 91.5 Å². The molecule has 7 nitrogen and oxygen atoms in total. The van der Waals surface area contributed by atoms with E-state index in [9.17, 15) is 19.5 Å². The molecule has 34 heavy (non-hydrogen) atoms. The standard InChI is InChI=1S/C27H41NO6/c1-10-28(11-2)18-14-12-17(13-15-18)20-21(23(30)33-25(3,4)5)19(29)16-27(9,32)22(20)24(31)34-26(6,7)8/h12-15,20-22,32H,10-11,16H2,1-9H3/t20-,21-,22+,27-/m1/s1. The maximum atomic E-state index is 13.4. The number of ketones is 1. The van der Waals surface area contributed by atoms with Crippen LogP contribution in [0.2, 0.25) is 0 Å². The molecule has 190 valence electrons. The molecule has 0 aromatic heterocycles. The van der Waals surface area contributed by atoms with Crippen molar-refractivity contribution < 1.29 is 29.0 Å². The first-order valence-electron chi connectivity index (χ1n) is 12.1. The van der Waals surface area contributed by atoms with Gasteiger partial charge in [-0.25, -0.2) is 0 Å². The molecule has 1 aromatic rings. The second-order valence-corrected chi connectivity index (χ2v) is 11.3. The minimum absolute atomic E-state index is 0.338. The Hall–Kier alpha value is -2.41. The van der Waals surface area contributed by atoms with Crippen molar-refractivity contribution >= 4 is 23.4 Å². The molecule has 1 aliphatic rings. The number of hydrogen-bond donors (Lipinski definition) is 1. The number of benzene rings is 1. The van der Waals surface area contributed by atoms with Crippen molar-refractivity contribution in [2.24, 2.45) is 11.8 Å². The first-order chi connectivity index (χ1) is 15.5. The van der Waals surface area contributed by atoms with Crippen LogP contribution in [0.5, 0.6) is 0 Å². The molecule has 1 fully saturated rings. The summed E-state index contributed by atoms with van der Waals surface area (Å²) in [6.45, 7) is 17.7. The summed E-state index contributed by atoms with van der Waals surface area (Å²) in [6, 6.07) is 7.46. The number of carbonyl (C=O) groups excluding carboxylic acids is 3. The maximum absolute atomic E-state index is 13.4. The predicted octanol–water partition coefficient (Wildman–Crippen LogP) is 4.26. The van der Waals surface area contributed by atoms with Gasteiger partial charge in [-0.3, -0.25) is 14.4 Å². The van der Waals surface area contributed by atoms with E-state index in [0.29, 0.717) is 5.56 Å². The van der Waals surface area contributed by atoms with E-state index >= 15 is 0 Å². The molecule has 0 radical (unpaired) electrons. The average Bonchev–Trinajstić information content (AvgIpc) is 2.65. The second kappa shape index (κ2) is 10.1. The van der Waals surface area contributed by atoms with E-state index in [1.807, 2.05) is 24.3 Å². The highest BCUT2D eigenvalue weighted by atomic mass is 16.6. The van der Waals surface area contributed by atoms with E-state index in [-0.39, 0.29) is 6.42 Å². The molecule has 1 saturated carbocycles. The average molecular weight is 476 g/mol. The van der Waals surface area contributed by atoms with Gasteiger partial charge in [-0.1, -0.05) is 12.1 Å². The van der Waals surface area contributed by atoms with E-state index in [1.165, 1.54) is 6.92 Å². The van der Waals surface area contributed by atoms with Gasteiger partial charge in [0.1, 0.15) is 17.1 Å². The topological polar surface area (TPSA) is 93.1 Å². The van der Waals surface area contributed by atoms with Gasteiger partial charge in [0.05, 0.1) is 11.5 Å². The Labute approximate surface area is 203 Å². The van der Waals surface area contributed by atoms with Gasteiger partial charge < -0.3 is 19.5 Å². The smallest absolute Gasteiger partial charge is 0.317 e. The van der Waals surface area contributed by atoms with Gasteiger partial charge in [-0.05, 0) is 80.0 Å². The van der Waals surface area contributed by atoms with Gasteiger partial charge in [-0.2, -0.15) is 0 Å². The number of Topliss-reactive ketones (excluding diaryl/α,β-unsaturated/α-hetero) is 1. The molecule has 4 atom stereocenters. The Balaban J connectivity index is 2.64. The van der Waals surface area contributed by atoms with Gasteiger partial charge in [0.2, 0.25) is 0 Å². The summed E-state index contributed by atoms with van der Waals surface area (Å²) in [5.74, 6) is -5.06. The van der Waals surface area contributed by atoms with Crippen LogP contribution in [0.3, 0.4) is 0 Å². The van der Waals surface area contributed by atoms with Crippen LogP contribution in [-0.2, 0) is 23.9 Å². The highest BCUT2D eigenvalue weighted by Crippen LogP contribution is 2.47. The molecule has 0 bridgehead atoms. The highest BCUT2D eigenvalue weighted by molar-refractivity contribution is 6.03. The first kappa shape index (κ1) is 27.8. The van der Waals surface area contributed by atoms with Gasteiger partial charge in [0, 0.05) is 31.1 Å². The number of anilines is 1. The summed E-state index contributed by atoms with van der Waals surface area (Å²) in [7, 11) is 0. The molecule has 0 spiro atoms. The third-order valence-corrected chi connectivity index (χ3v) is 6.00. The normalized spacial score (nSPS) is 25.6. The van der Waals surface area contributed by atoms with Crippen LogP contribution in [0.25, 0.3) is 0 Å². The van der Waals surface area contributed by atoms with E-state index < -0.39 is 52.3 Å². The molecule has 0 unspecified atom stereocenters. The van der Waals surface area contributed by atoms with Crippen LogP contribution >= 0.6 is 0 Å². The SMILES string of the molecule is CCN(CC)c1ccc([C@@H]2[C@H](C(=O)OC(C)(C)C)C(=O)C[C@@](C)(O)[C@@H]2C(=O)OC(C)(C)C)cc1. The summed E-state index contributed by atoms with van der Waals surface area (Å²) in [5.41, 5.74) is -1.69. The zero-order chi connectivity index (χ0) is 26.1. The summed E-state index contributed by atoms with van der Waals surface area (Å²) in [4.78, 5) is 42.0. The Morgan fingerprint density at radius 3 is 1.88 bits per heavy atom. The molecule has 0 aliphatic heterocycles. The molecule has 1 N–H and O–H groups in total. The number of carbonyl (C=O) groups is 3. The fourth-order valence-corrected chi connectivity index (χ4v) is 4.64. The third-order valence-electron chi connectivity index (χ3n) is 6.00. The minimum Gasteiger partial charge on any atom is -0.460 e. The predicted molar refractivity (Wildman–Crippen MR) is 132 cm³/mol. The van der Waals surface area contributed by atoms with Crippen molar-refractivity contribution in [3.05, 3.63) is 29.8 Å². The van der Waals surface area contributed by atoms with Crippen LogP contribution in [0.1, 0.15) is 80.2 Å². The summed E-state index contributed by atoms with van der Waals surface area (Å²) < 4.78 is 11.2. The zero-order valence-electron chi connectivity index (χ0n) is 22.1. The van der Waals surface area contributed by atoms with Gasteiger partial charge in [0.15, 0.2) is 5.78 Å². The summed E-state index contributed by atoms with van der Waals surface area (Å²) in [5, 5.41) is 11.3. The van der Waals surface area contributed by atoms with Crippen molar-refractivity contribution in [2.75, 3.05) is 18.0 Å². The van der Waals surface area contributed by atoms with E-state index in [2.05, 4.69) is 18.7 Å². The van der Waals surface area contributed by atoms with Crippen LogP contribution in [0.15, 0.2) is 24.3 Å². The molecule has 1 aromatic carbocycles. The van der Waals surface area contributed by atoms with Crippen molar-refractivity contribution in [3.63, 3.8) is 0 Å². The van der Waals surface area contributed by atoms with Crippen molar-refractivity contribution in [1.82, 2.24) is 0 Å². The molecule has 0 amide bonds. The van der Waals surface area contributed by atoms with Crippen LogP contribution in [-0.4, -0.2) is 52.7 Å². The van der Waals surface area contributed by atoms with E-state index in [4.69, 9.17) is 9.47 Å². The number of aliphatic hydroxyl groups is 1. The number of nitrogens with zero attached hydrogens (tertiary/aromatic N) is 1. The first-order valence-corrected chi connectivity index (χ1v) is 12.1. The lowest BCUT2D eigenvalue weighted by molar-refractivity contribution is -0.182. The Morgan fingerprint density at radius 2 is 1.44 bits per heavy atom. The molecular formula is C27H41NO6. The van der Waals surface area contributed by atoms with Crippen LogP contribution in [0, 0.1) is 11.8 Å². The molecular weight excluding hydrogens is 434 g/mol. The molecule has 7 heteroatoms. The van der Waals surface area contributed by atoms with Gasteiger partial charge >= 0.3 is 11.9 Å². The largest absolute Gasteiger partial charge is 0.460 e. The summed E-state index contributed by atoms with van der Waals surface area (Å²) >= 11 is 0. The second-order valence-electron chi connectivity index (χ2n) is 11.3. The minimum atomic E-state index is -1.68. The number of rotatable bonds is 6. The zero-order valence-corrected chi connectivity index (χ0v) is 22.1. The molecule has 0 heterocycles. The van der Waals surface area contributed by atoms with E-state index in [0.717, 1.165) is 18.8 Å². The lowest BCUT2D eigenvalue weighted by Gasteiger charge is -2.44. The fourth-order valence-electron chi connectivity index (χ4n) is 4.64. The van der Waals surface area contributed by atoms with Crippen molar-refractivity contribution in [3.8, 4) is 0 Å². The fraction of sp³-hybridized carbons (Fsp3) is 0.667. The lowest BCUT2D eigenvalue weighted by atomic mass is 9.61. The Bertz CT molecular complexity index is 887. The molecule has 2 rings (SSSR count). The van der Waals surface area contributed by atoms with Gasteiger partial charge in [-0.15, -0.1) is 0 Å².